The van der Waals surface area contributed by atoms with Gasteiger partial charge in [0.15, 0.2) is 0 Å². The molecule has 0 aliphatic rings. The lowest BCUT2D eigenvalue weighted by molar-refractivity contribution is -0.123. The third-order valence-electron chi connectivity index (χ3n) is 0.583. The Kier molecular flexibility index (Phi) is 2.12. The largest absolute Gasteiger partial charge is 0.345 e. The molecule has 0 rings (SSSR count). The highest BCUT2D eigenvalue weighted by Gasteiger charge is 1.91. The van der Waals surface area contributed by atoms with E-state index in [9.17, 15) is 4.79 Å². The second-order valence-corrected chi connectivity index (χ2v) is 1.40. The van der Waals surface area contributed by atoms with E-state index in [1.807, 2.05) is 0 Å². The Hall–Kier alpha value is -0.790. The highest BCUT2D eigenvalue weighted by molar-refractivity contribution is 5.86. The van der Waals surface area contributed by atoms with Crippen LogP contribution < -0.4 is 0 Å². The molecular weight excluding hydrogens is 90.1 g/mol. The Bertz CT molecular complexity index is 86.1. The molecule has 0 unspecified atom stereocenters. The number of nitrogens with zero attached hydrogens (tertiary/aromatic N) is 1. The number of hydrogen-bond acceptors (Lipinski definition) is 1. The summed E-state index contributed by atoms with van der Waals surface area (Å²) in [5.74, 6) is -0.167. The zero-order chi connectivity index (χ0) is 5.86. The van der Waals surface area contributed by atoms with Crippen molar-refractivity contribution >= 4 is 5.91 Å². The molecule has 0 aromatic rings. The van der Waals surface area contributed by atoms with Gasteiger partial charge in [-0.25, -0.2) is 0 Å². The number of carbonyl (C=O) groups excluding carboxylic acids is 1. The van der Waals surface area contributed by atoms with Crippen LogP contribution >= 0.6 is 0 Å². The summed E-state index contributed by atoms with van der Waals surface area (Å²) in [6.07, 6.45) is 1.03. The standard InChI is InChI=1S/C5H8NO/c1-4-5(7)6(2)3/h1,4H,2-3H3. The van der Waals surface area contributed by atoms with Crippen LogP contribution in [0.1, 0.15) is 0 Å². The van der Waals surface area contributed by atoms with E-state index in [0.29, 0.717) is 0 Å². The molecule has 0 fully saturated rings. The van der Waals surface area contributed by atoms with Crippen molar-refractivity contribution in [2.45, 2.75) is 0 Å². The Balaban J connectivity index is 3.56. The quantitative estimate of drug-likeness (QED) is 0.425. The van der Waals surface area contributed by atoms with Crippen LogP contribution in [0.4, 0.5) is 0 Å². The van der Waals surface area contributed by atoms with E-state index in [2.05, 4.69) is 0 Å². The molecule has 0 saturated heterocycles. The predicted molar refractivity (Wildman–Crippen MR) is 27.6 cm³/mol. The second-order valence-electron chi connectivity index (χ2n) is 1.40. The van der Waals surface area contributed by atoms with E-state index < -0.39 is 0 Å². The minimum atomic E-state index is -0.167. The lowest BCUT2D eigenvalue weighted by Gasteiger charge is -2.03. The molecule has 0 N–H and O–H groups in total. The van der Waals surface area contributed by atoms with Gasteiger partial charge in [-0.15, -0.1) is 0 Å². The van der Waals surface area contributed by atoms with Crippen LogP contribution in [0, 0.1) is 6.58 Å². The maximum Gasteiger partial charge on any atom is 0.246 e. The summed E-state index contributed by atoms with van der Waals surface area (Å²) in [5, 5.41) is 0. The van der Waals surface area contributed by atoms with Gasteiger partial charge < -0.3 is 4.90 Å². The molecule has 0 aliphatic carbocycles. The predicted octanol–water partition coefficient (Wildman–Crippen LogP) is 0.0638. The van der Waals surface area contributed by atoms with Gasteiger partial charge in [0, 0.05) is 20.2 Å². The zero-order valence-corrected chi connectivity index (χ0v) is 4.51. The SMILES string of the molecule is [CH]=CC(=O)N(C)C. The van der Waals surface area contributed by atoms with Gasteiger partial charge in [-0.2, -0.15) is 0 Å². The van der Waals surface area contributed by atoms with Crippen molar-refractivity contribution in [3.8, 4) is 0 Å². The van der Waals surface area contributed by atoms with Gasteiger partial charge in [0.05, 0.1) is 0 Å². The number of amides is 1. The molecule has 1 radical (unpaired) electrons. The fourth-order valence-electron chi connectivity index (χ4n) is 0.149. The summed E-state index contributed by atoms with van der Waals surface area (Å²) in [7, 11) is 3.29. The minimum Gasteiger partial charge on any atom is -0.345 e. The first kappa shape index (κ1) is 6.21. The first-order chi connectivity index (χ1) is 3.18. The summed E-state index contributed by atoms with van der Waals surface area (Å²) in [6, 6.07) is 0. The van der Waals surface area contributed by atoms with E-state index in [1.165, 1.54) is 4.90 Å². The van der Waals surface area contributed by atoms with Crippen LogP contribution in [0.5, 0.6) is 0 Å². The normalized spacial score (nSPS) is 7.71. The summed E-state index contributed by atoms with van der Waals surface area (Å²) in [6.45, 7) is 4.86. The van der Waals surface area contributed by atoms with Crippen LogP contribution in [0.3, 0.4) is 0 Å². The van der Waals surface area contributed by atoms with Gasteiger partial charge in [0.1, 0.15) is 0 Å². The molecule has 0 aromatic carbocycles. The Morgan fingerprint density at radius 2 is 2.14 bits per heavy atom. The summed E-state index contributed by atoms with van der Waals surface area (Å²) in [5.41, 5.74) is 0. The van der Waals surface area contributed by atoms with E-state index in [-0.39, 0.29) is 5.91 Å². The number of hydrogen-bond donors (Lipinski definition) is 0. The van der Waals surface area contributed by atoms with Gasteiger partial charge in [-0.3, -0.25) is 4.79 Å². The molecule has 39 valence electrons. The van der Waals surface area contributed by atoms with Crippen LogP contribution in [-0.4, -0.2) is 24.9 Å². The molecule has 7 heavy (non-hydrogen) atoms. The molecule has 1 amide bonds. The van der Waals surface area contributed by atoms with Crippen molar-refractivity contribution in [1.82, 2.24) is 4.90 Å². The first-order valence-corrected chi connectivity index (χ1v) is 1.94. The smallest absolute Gasteiger partial charge is 0.246 e. The van der Waals surface area contributed by atoms with Crippen molar-refractivity contribution in [2.24, 2.45) is 0 Å². The van der Waals surface area contributed by atoms with Gasteiger partial charge in [-0.05, 0) is 0 Å². The van der Waals surface area contributed by atoms with Gasteiger partial charge in [-0.1, -0.05) is 6.58 Å². The van der Waals surface area contributed by atoms with Crippen molar-refractivity contribution < 1.29 is 4.79 Å². The Morgan fingerprint density at radius 1 is 1.71 bits per heavy atom. The molecule has 0 aliphatic heterocycles. The highest BCUT2D eigenvalue weighted by atomic mass is 16.2. The zero-order valence-electron chi connectivity index (χ0n) is 4.51. The number of carbonyl (C=O) groups is 1. The maximum absolute atomic E-state index is 10.3. The van der Waals surface area contributed by atoms with Crippen molar-refractivity contribution in [2.75, 3.05) is 14.1 Å². The lowest BCUT2D eigenvalue weighted by Crippen LogP contribution is -2.18. The van der Waals surface area contributed by atoms with E-state index in [0.717, 1.165) is 6.08 Å². The van der Waals surface area contributed by atoms with E-state index in [4.69, 9.17) is 6.58 Å². The van der Waals surface area contributed by atoms with E-state index in [1.54, 1.807) is 14.1 Å². The maximum atomic E-state index is 10.3. The Labute approximate surface area is 43.4 Å². The number of likely N-dealkylation sites (N-methyl/N-ethyl adjacent to an activating group) is 1. The van der Waals surface area contributed by atoms with Crippen LogP contribution in [0.15, 0.2) is 6.08 Å². The molecule has 0 bridgehead atoms. The van der Waals surface area contributed by atoms with Crippen molar-refractivity contribution in [3.63, 3.8) is 0 Å². The molecule has 2 nitrogen and oxygen atoms in total. The highest BCUT2D eigenvalue weighted by Crippen LogP contribution is 1.74. The van der Waals surface area contributed by atoms with Crippen molar-refractivity contribution in [3.05, 3.63) is 12.7 Å². The van der Waals surface area contributed by atoms with Crippen LogP contribution in [-0.2, 0) is 4.79 Å². The molecule has 0 spiro atoms. The molecule has 0 aromatic heterocycles. The topological polar surface area (TPSA) is 20.3 Å². The van der Waals surface area contributed by atoms with Gasteiger partial charge >= 0.3 is 0 Å². The first-order valence-electron chi connectivity index (χ1n) is 1.94. The lowest BCUT2D eigenvalue weighted by atomic mass is 10.5. The fraction of sp³-hybridized carbons (Fsp3) is 0.400. The second kappa shape index (κ2) is 2.39. The molecule has 0 saturated carbocycles. The molecular formula is C5H8NO. The van der Waals surface area contributed by atoms with Gasteiger partial charge in [0.25, 0.3) is 0 Å². The van der Waals surface area contributed by atoms with Gasteiger partial charge in [0.2, 0.25) is 5.91 Å². The number of rotatable bonds is 1. The van der Waals surface area contributed by atoms with Crippen LogP contribution in [0.2, 0.25) is 0 Å². The van der Waals surface area contributed by atoms with E-state index >= 15 is 0 Å². The Morgan fingerprint density at radius 3 is 2.14 bits per heavy atom. The summed E-state index contributed by atoms with van der Waals surface area (Å²) >= 11 is 0. The monoisotopic (exact) mass is 98.1 g/mol. The van der Waals surface area contributed by atoms with Crippen LogP contribution in [0.25, 0.3) is 0 Å². The molecule has 2 heteroatoms. The molecule has 0 atom stereocenters. The summed E-state index contributed by atoms with van der Waals surface area (Å²) in [4.78, 5) is 11.7. The average molecular weight is 98.1 g/mol. The summed E-state index contributed by atoms with van der Waals surface area (Å²) < 4.78 is 0. The third kappa shape index (κ3) is 1.98. The third-order valence-corrected chi connectivity index (χ3v) is 0.583. The molecule has 0 heterocycles. The minimum absolute atomic E-state index is 0.167. The van der Waals surface area contributed by atoms with Crippen molar-refractivity contribution in [1.29, 1.82) is 0 Å². The average Bonchev–Trinajstić information content (AvgIpc) is 1.65. The fourth-order valence-corrected chi connectivity index (χ4v) is 0.149.